The maximum atomic E-state index is 13.4. The second-order valence-corrected chi connectivity index (χ2v) is 5.14. The number of nitrogens with zero attached hydrogens (tertiary/aromatic N) is 6. The second-order valence-electron chi connectivity index (χ2n) is 5.14. The first-order valence-electron chi connectivity index (χ1n) is 7.20. The Bertz CT molecular complexity index is 918. The Morgan fingerprint density at radius 3 is 2.71 bits per heavy atom. The van der Waals surface area contributed by atoms with Crippen molar-refractivity contribution in [3.63, 3.8) is 0 Å². The van der Waals surface area contributed by atoms with Gasteiger partial charge in [0, 0.05) is 17.8 Å². The molecule has 0 aliphatic carbocycles. The minimum atomic E-state index is -2.81. The molecule has 0 saturated carbocycles. The molecule has 0 aliphatic rings. The van der Waals surface area contributed by atoms with E-state index in [9.17, 15) is 13.6 Å². The summed E-state index contributed by atoms with van der Waals surface area (Å²) in [7, 11) is 0. The van der Waals surface area contributed by atoms with E-state index in [0.717, 1.165) is 10.2 Å². The molecular formula is C14H14F2N6O2. The Balaban J connectivity index is 2.19. The minimum Gasteiger partial charge on any atom is -0.481 e. The van der Waals surface area contributed by atoms with E-state index < -0.39 is 24.5 Å². The van der Waals surface area contributed by atoms with Gasteiger partial charge >= 0.3 is 5.97 Å². The van der Waals surface area contributed by atoms with Gasteiger partial charge in [-0.05, 0) is 19.9 Å². The molecule has 8 nitrogen and oxygen atoms in total. The predicted molar refractivity (Wildman–Crippen MR) is 78.7 cm³/mol. The summed E-state index contributed by atoms with van der Waals surface area (Å²) in [6.07, 6.45) is -1.72. The van der Waals surface area contributed by atoms with Gasteiger partial charge in [-0.15, -0.1) is 5.10 Å². The van der Waals surface area contributed by atoms with E-state index in [1.807, 2.05) is 13.8 Å². The third kappa shape index (κ3) is 2.70. The van der Waals surface area contributed by atoms with Crippen molar-refractivity contribution >= 4 is 11.7 Å². The number of aromatic nitrogens is 6. The number of alkyl halides is 2. The van der Waals surface area contributed by atoms with Crippen LogP contribution < -0.4 is 0 Å². The van der Waals surface area contributed by atoms with Gasteiger partial charge in [-0.3, -0.25) is 9.48 Å². The summed E-state index contributed by atoms with van der Waals surface area (Å²) in [5.74, 6) is -1.29. The summed E-state index contributed by atoms with van der Waals surface area (Å²) in [6.45, 7) is 4.38. The van der Waals surface area contributed by atoms with Gasteiger partial charge in [-0.25, -0.2) is 13.8 Å². The number of hydrogen-bond donors (Lipinski definition) is 1. The molecule has 0 radical (unpaired) electrons. The van der Waals surface area contributed by atoms with Crippen molar-refractivity contribution in [2.24, 2.45) is 0 Å². The highest BCUT2D eigenvalue weighted by Crippen LogP contribution is 2.27. The van der Waals surface area contributed by atoms with Gasteiger partial charge in [0.1, 0.15) is 12.1 Å². The number of carbonyl (C=O) groups is 1. The Hall–Kier alpha value is -2.91. The Morgan fingerprint density at radius 1 is 1.38 bits per heavy atom. The Kier molecular flexibility index (Phi) is 3.96. The summed E-state index contributed by atoms with van der Waals surface area (Å²) in [5.41, 5.74) is 1.30. The topological polar surface area (TPSA) is 98.2 Å². The van der Waals surface area contributed by atoms with E-state index in [-0.39, 0.29) is 11.6 Å². The van der Waals surface area contributed by atoms with Crippen LogP contribution in [0.25, 0.3) is 17.0 Å². The van der Waals surface area contributed by atoms with E-state index in [2.05, 4.69) is 20.2 Å². The van der Waals surface area contributed by atoms with Crippen molar-refractivity contribution in [2.45, 2.75) is 33.2 Å². The number of aliphatic carboxylic acids is 1. The zero-order chi connectivity index (χ0) is 17.4. The van der Waals surface area contributed by atoms with Gasteiger partial charge in [-0.2, -0.15) is 14.6 Å². The van der Waals surface area contributed by atoms with Gasteiger partial charge in [0.25, 0.3) is 12.2 Å². The number of carboxylic acid groups (broad SMARTS) is 1. The Morgan fingerprint density at radius 2 is 2.12 bits per heavy atom. The second kappa shape index (κ2) is 5.95. The number of aryl methyl sites for hydroxylation is 1. The fourth-order valence-corrected chi connectivity index (χ4v) is 2.45. The summed E-state index contributed by atoms with van der Waals surface area (Å²) in [6, 6.07) is 1.22. The smallest absolute Gasteiger partial charge is 0.311 e. The van der Waals surface area contributed by atoms with Gasteiger partial charge in [-0.1, -0.05) is 0 Å². The highest BCUT2D eigenvalue weighted by atomic mass is 19.3. The van der Waals surface area contributed by atoms with E-state index >= 15 is 0 Å². The molecule has 0 saturated heterocycles. The summed E-state index contributed by atoms with van der Waals surface area (Å²) >= 11 is 0. The fourth-order valence-electron chi connectivity index (χ4n) is 2.45. The highest BCUT2D eigenvalue weighted by molar-refractivity contribution is 5.69. The molecular weight excluding hydrogens is 322 g/mol. The molecule has 1 N–H and O–H groups in total. The lowest BCUT2D eigenvalue weighted by molar-refractivity contribution is -0.136. The van der Waals surface area contributed by atoms with Crippen molar-refractivity contribution in [2.75, 3.05) is 0 Å². The maximum absolute atomic E-state index is 13.4. The van der Waals surface area contributed by atoms with Crippen LogP contribution in [0.15, 0.2) is 12.3 Å². The molecule has 0 fully saturated rings. The SMILES string of the molecule is CCn1ncc(-c2cc(C(F)F)n3nc(CC(=O)O)nc3n2)c1C. The monoisotopic (exact) mass is 336 g/mol. The maximum Gasteiger partial charge on any atom is 0.311 e. The third-order valence-corrected chi connectivity index (χ3v) is 3.60. The molecule has 0 bridgehead atoms. The van der Waals surface area contributed by atoms with Crippen molar-refractivity contribution < 1.29 is 18.7 Å². The van der Waals surface area contributed by atoms with Crippen LogP contribution in [0.1, 0.15) is 30.6 Å². The molecule has 0 unspecified atom stereocenters. The molecule has 0 spiro atoms. The average molecular weight is 336 g/mol. The van der Waals surface area contributed by atoms with Gasteiger partial charge in [0.15, 0.2) is 5.82 Å². The summed E-state index contributed by atoms with van der Waals surface area (Å²) < 4.78 is 29.4. The van der Waals surface area contributed by atoms with Crippen LogP contribution in [-0.4, -0.2) is 40.4 Å². The predicted octanol–water partition coefficient (Wildman–Crippen LogP) is 1.88. The van der Waals surface area contributed by atoms with E-state index in [1.54, 1.807) is 10.9 Å². The zero-order valence-electron chi connectivity index (χ0n) is 12.9. The zero-order valence-corrected chi connectivity index (χ0v) is 12.9. The van der Waals surface area contributed by atoms with Crippen LogP contribution in [0, 0.1) is 6.92 Å². The lowest BCUT2D eigenvalue weighted by Crippen LogP contribution is -2.04. The summed E-state index contributed by atoms with van der Waals surface area (Å²) in [5, 5.41) is 16.8. The number of rotatable bonds is 5. The quantitative estimate of drug-likeness (QED) is 0.764. The van der Waals surface area contributed by atoms with E-state index in [0.29, 0.717) is 17.8 Å². The highest BCUT2D eigenvalue weighted by Gasteiger charge is 2.20. The van der Waals surface area contributed by atoms with Crippen molar-refractivity contribution in [1.82, 2.24) is 29.4 Å². The number of fused-ring (bicyclic) bond motifs is 1. The molecule has 0 aromatic carbocycles. The molecule has 10 heteroatoms. The largest absolute Gasteiger partial charge is 0.481 e. The number of carboxylic acids is 1. The Labute approximate surface area is 134 Å². The molecule has 3 aromatic rings. The molecule has 0 amide bonds. The first-order chi connectivity index (χ1) is 11.4. The van der Waals surface area contributed by atoms with Gasteiger partial charge < -0.3 is 5.11 Å². The summed E-state index contributed by atoms with van der Waals surface area (Å²) in [4.78, 5) is 18.9. The third-order valence-electron chi connectivity index (χ3n) is 3.60. The van der Waals surface area contributed by atoms with Crippen molar-refractivity contribution in [3.8, 4) is 11.3 Å². The van der Waals surface area contributed by atoms with Crippen molar-refractivity contribution in [1.29, 1.82) is 0 Å². The number of halogens is 2. The van der Waals surface area contributed by atoms with Crippen LogP contribution in [0.4, 0.5) is 8.78 Å². The van der Waals surface area contributed by atoms with Gasteiger partial charge in [0.05, 0.1) is 11.9 Å². The van der Waals surface area contributed by atoms with Crippen LogP contribution in [-0.2, 0) is 17.8 Å². The normalized spacial score (nSPS) is 11.5. The molecule has 0 aliphatic heterocycles. The standard InChI is InChI=1S/C14H14F2N6O2/c1-3-21-7(2)8(6-17-21)9-4-10(13(15)16)22-14(18-9)19-11(20-22)5-12(23)24/h4,6,13H,3,5H2,1-2H3,(H,23,24). The average Bonchev–Trinajstić information content (AvgIpc) is 3.07. The van der Waals surface area contributed by atoms with Crippen LogP contribution in [0.2, 0.25) is 0 Å². The molecule has 3 aromatic heterocycles. The number of hydrogen-bond acceptors (Lipinski definition) is 5. The molecule has 0 atom stereocenters. The molecule has 3 rings (SSSR count). The molecule has 126 valence electrons. The van der Waals surface area contributed by atoms with E-state index in [4.69, 9.17) is 5.11 Å². The molecule has 24 heavy (non-hydrogen) atoms. The lowest BCUT2D eigenvalue weighted by Gasteiger charge is -2.06. The van der Waals surface area contributed by atoms with Gasteiger partial charge in [0.2, 0.25) is 0 Å². The first kappa shape index (κ1) is 16.0. The first-order valence-corrected chi connectivity index (χ1v) is 7.20. The van der Waals surface area contributed by atoms with Crippen LogP contribution >= 0.6 is 0 Å². The lowest BCUT2D eigenvalue weighted by atomic mass is 10.1. The fraction of sp³-hybridized carbons (Fsp3) is 0.357. The van der Waals surface area contributed by atoms with Crippen LogP contribution in [0.5, 0.6) is 0 Å². The minimum absolute atomic E-state index is 0.0669. The van der Waals surface area contributed by atoms with Crippen LogP contribution in [0.3, 0.4) is 0 Å². The molecule has 3 heterocycles. The van der Waals surface area contributed by atoms with E-state index in [1.165, 1.54) is 6.07 Å². The van der Waals surface area contributed by atoms with Crippen molar-refractivity contribution in [3.05, 3.63) is 29.5 Å².